The van der Waals surface area contributed by atoms with Crippen molar-refractivity contribution in [2.24, 2.45) is 0 Å². The summed E-state index contributed by atoms with van der Waals surface area (Å²) in [5.41, 5.74) is -2.79. The van der Waals surface area contributed by atoms with E-state index in [9.17, 15) is 26.1 Å². The molecule has 0 aliphatic rings. The minimum atomic E-state index is -5.26. The molecule has 0 aromatic rings. The van der Waals surface area contributed by atoms with Crippen molar-refractivity contribution >= 4 is 33.3 Å². The van der Waals surface area contributed by atoms with E-state index in [2.05, 4.69) is 0 Å². The fourth-order valence-electron chi connectivity index (χ4n) is 0.437. The van der Waals surface area contributed by atoms with E-state index in [1.807, 2.05) is 0 Å². The van der Waals surface area contributed by atoms with E-state index < -0.39 is 32.5 Å². The van der Waals surface area contributed by atoms with Crippen molar-refractivity contribution in [1.29, 1.82) is 0 Å². The van der Waals surface area contributed by atoms with Crippen molar-refractivity contribution in [3.05, 3.63) is 0 Å². The Bertz CT molecular complexity index is 303. The molecule has 0 saturated carbocycles. The van der Waals surface area contributed by atoms with Gasteiger partial charge in [-0.2, -0.15) is 13.2 Å². The van der Waals surface area contributed by atoms with E-state index in [1.54, 1.807) is 0 Å². The van der Waals surface area contributed by atoms with Crippen LogP contribution in [0.2, 0.25) is 0 Å². The van der Waals surface area contributed by atoms with Gasteiger partial charge in [0.2, 0.25) is 4.33 Å². The van der Waals surface area contributed by atoms with Crippen molar-refractivity contribution in [2.45, 2.75) is 22.4 Å². The van der Waals surface area contributed by atoms with Crippen LogP contribution in [-0.4, -0.2) is 34.0 Å². The topological polar surface area (TPSA) is 77.4 Å². The third-order valence-electron chi connectivity index (χ3n) is 1.18. The number of aliphatic hydroxyl groups is 1. The van der Waals surface area contributed by atoms with Gasteiger partial charge in [-0.3, -0.25) is 0 Å². The summed E-state index contributed by atoms with van der Waals surface area (Å²) in [7, 11) is -5.26. The summed E-state index contributed by atoms with van der Waals surface area (Å²) in [5.74, 6) is 0. The summed E-state index contributed by atoms with van der Waals surface area (Å²) in [4.78, 5) is 0. The van der Waals surface area contributed by atoms with Crippen molar-refractivity contribution in [3.63, 3.8) is 0 Å². The average molecular weight is 299 g/mol. The zero-order valence-electron chi connectivity index (χ0n) is 7.25. The number of alkyl halides is 5. The molecular formula is C4H4Cl2F3NaO4S. The summed E-state index contributed by atoms with van der Waals surface area (Å²) in [6.45, 7) is 0. The zero-order valence-corrected chi connectivity index (χ0v) is 11.6. The van der Waals surface area contributed by atoms with Gasteiger partial charge in [-0.25, -0.2) is 8.42 Å². The number of hydrogen-bond acceptors (Lipinski definition) is 4. The monoisotopic (exact) mass is 298 g/mol. The van der Waals surface area contributed by atoms with Gasteiger partial charge in [0.25, 0.3) is 0 Å². The average Bonchev–Trinajstić information content (AvgIpc) is 1.80. The second kappa shape index (κ2) is 5.72. The van der Waals surface area contributed by atoms with Crippen LogP contribution >= 0.6 is 23.2 Å². The molecule has 0 aromatic heterocycles. The number of rotatable bonds is 3. The number of halogens is 5. The van der Waals surface area contributed by atoms with Gasteiger partial charge in [-0.1, -0.05) is 23.2 Å². The van der Waals surface area contributed by atoms with Gasteiger partial charge < -0.3 is 9.66 Å². The molecule has 0 aliphatic carbocycles. The molecule has 1 unspecified atom stereocenters. The van der Waals surface area contributed by atoms with Crippen LogP contribution in [0.15, 0.2) is 0 Å². The Hall–Kier alpha value is 1.24. The maximum atomic E-state index is 11.9. The Balaban J connectivity index is 0. The molecule has 0 bridgehead atoms. The Kier molecular flexibility index (Phi) is 7.10. The molecule has 15 heavy (non-hydrogen) atoms. The molecule has 86 valence electrons. The van der Waals surface area contributed by atoms with Crippen molar-refractivity contribution in [1.82, 2.24) is 0 Å². The minimum absolute atomic E-state index is 0. The largest absolute Gasteiger partial charge is 1.00 e. The molecule has 0 fully saturated rings. The van der Waals surface area contributed by atoms with Crippen molar-refractivity contribution in [2.75, 3.05) is 0 Å². The smallest absolute Gasteiger partial charge is 0.746 e. The van der Waals surface area contributed by atoms with Gasteiger partial charge in [-0.15, -0.1) is 0 Å². The Labute approximate surface area is 116 Å². The van der Waals surface area contributed by atoms with E-state index in [0.717, 1.165) is 0 Å². The SMILES string of the molecule is O=S(=O)([O-])C(O)CC(Cl)(Cl)C(F)(F)F.[Na+]. The molecule has 0 spiro atoms. The first-order valence-electron chi connectivity index (χ1n) is 2.95. The first kappa shape index (κ1) is 18.6. The second-order valence-electron chi connectivity index (χ2n) is 2.35. The summed E-state index contributed by atoms with van der Waals surface area (Å²) < 4.78 is 62.4. The fourth-order valence-corrected chi connectivity index (χ4v) is 1.37. The molecule has 1 atom stereocenters. The van der Waals surface area contributed by atoms with Crippen LogP contribution in [0, 0.1) is 0 Å². The normalized spacial score (nSPS) is 15.7. The van der Waals surface area contributed by atoms with Crippen molar-refractivity contribution < 1.29 is 60.8 Å². The van der Waals surface area contributed by atoms with Crippen LogP contribution in [-0.2, 0) is 10.1 Å². The molecule has 0 radical (unpaired) electrons. The van der Waals surface area contributed by atoms with Gasteiger partial charge >= 0.3 is 35.7 Å². The van der Waals surface area contributed by atoms with Gasteiger partial charge in [0.15, 0.2) is 0 Å². The third-order valence-corrected chi connectivity index (χ3v) is 2.75. The quantitative estimate of drug-likeness (QED) is 0.371. The summed E-state index contributed by atoms with van der Waals surface area (Å²) >= 11 is 9.38. The molecule has 0 amide bonds. The van der Waals surface area contributed by atoms with Crippen LogP contribution in [0.5, 0.6) is 0 Å². The van der Waals surface area contributed by atoms with Crippen LogP contribution < -0.4 is 29.6 Å². The standard InChI is InChI=1S/C4H5Cl2F3O4S.Na/c5-3(6,4(7,8)9)1-2(10)14(11,12)13;/h2,10H,1H2,(H,11,12,13);/q;+1/p-1. The van der Waals surface area contributed by atoms with Crippen molar-refractivity contribution in [3.8, 4) is 0 Å². The minimum Gasteiger partial charge on any atom is -0.746 e. The molecule has 0 heterocycles. The van der Waals surface area contributed by atoms with Crippen LogP contribution in [0.1, 0.15) is 6.42 Å². The van der Waals surface area contributed by atoms with E-state index in [0.29, 0.717) is 0 Å². The molecule has 4 nitrogen and oxygen atoms in total. The Morgan fingerprint density at radius 3 is 1.87 bits per heavy atom. The molecule has 1 N–H and O–H groups in total. The molecular weight excluding hydrogens is 295 g/mol. The van der Waals surface area contributed by atoms with E-state index >= 15 is 0 Å². The second-order valence-corrected chi connectivity index (χ2v) is 5.37. The van der Waals surface area contributed by atoms with Gasteiger partial charge in [0.05, 0.1) is 0 Å². The Morgan fingerprint density at radius 1 is 1.33 bits per heavy atom. The molecule has 11 heteroatoms. The molecule has 0 saturated heterocycles. The predicted molar refractivity (Wildman–Crippen MR) is 40.8 cm³/mol. The van der Waals surface area contributed by atoms with E-state index in [4.69, 9.17) is 28.3 Å². The van der Waals surface area contributed by atoms with Gasteiger partial charge in [0.1, 0.15) is 15.6 Å². The number of hydrogen-bond donors (Lipinski definition) is 1. The predicted octanol–water partition coefficient (Wildman–Crippen LogP) is -2.02. The molecule has 0 aliphatic heterocycles. The first-order chi connectivity index (χ1) is 5.88. The van der Waals surface area contributed by atoms with Crippen LogP contribution in [0.25, 0.3) is 0 Å². The van der Waals surface area contributed by atoms with Crippen LogP contribution in [0.3, 0.4) is 0 Å². The number of aliphatic hydroxyl groups excluding tert-OH is 1. The van der Waals surface area contributed by atoms with E-state index in [1.165, 1.54) is 0 Å². The molecule has 0 aromatic carbocycles. The maximum Gasteiger partial charge on any atom is 1.00 e. The third kappa shape index (κ3) is 5.92. The summed E-state index contributed by atoms with van der Waals surface area (Å²) in [5, 5.41) is 8.52. The summed E-state index contributed by atoms with van der Waals surface area (Å²) in [6.07, 6.45) is -6.77. The zero-order chi connectivity index (χ0) is 11.8. The van der Waals surface area contributed by atoms with Gasteiger partial charge in [0, 0.05) is 6.42 Å². The van der Waals surface area contributed by atoms with E-state index in [-0.39, 0.29) is 29.6 Å². The fraction of sp³-hybridized carbons (Fsp3) is 1.00. The maximum absolute atomic E-state index is 11.9. The van der Waals surface area contributed by atoms with Gasteiger partial charge in [-0.05, 0) is 0 Å². The summed E-state index contributed by atoms with van der Waals surface area (Å²) in [6, 6.07) is 0. The Morgan fingerprint density at radius 2 is 1.67 bits per heavy atom. The molecule has 0 rings (SSSR count). The first-order valence-corrected chi connectivity index (χ1v) is 5.18. The van der Waals surface area contributed by atoms with Crippen LogP contribution in [0.4, 0.5) is 13.2 Å².